The Labute approximate surface area is 124 Å². The molecule has 1 aromatic carbocycles. The van der Waals surface area contributed by atoms with Gasteiger partial charge in [0.05, 0.1) is 4.92 Å². The second kappa shape index (κ2) is 5.87. The van der Waals surface area contributed by atoms with Crippen LogP contribution in [-0.2, 0) is 0 Å². The van der Waals surface area contributed by atoms with Crippen LogP contribution in [0.5, 0.6) is 0 Å². The molecule has 1 heterocycles. The number of nitro groups is 1. The fraction of sp³-hybridized carbons (Fsp3) is 0.571. The first-order chi connectivity index (χ1) is 9.84. The maximum atomic E-state index is 11.3. The summed E-state index contributed by atoms with van der Waals surface area (Å²) in [6, 6.07) is 5.19. The average Bonchev–Trinajstić information content (AvgIpc) is 2.45. The van der Waals surface area contributed by atoms with E-state index in [1.807, 2.05) is 0 Å². The van der Waals surface area contributed by atoms with Crippen LogP contribution < -0.4 is 16.2 Å². The van der Waals surface area contributed by atoms with Gasteiger partial charge in [-0.25, -0.2) is 0 Å². The summed E-state index contributed by atoms with van der Waals surface area (Å²) in [4.78, 5) is 15.4. The smallest absolute Gasteiger partial charge is 0.316 e. The Morgan fingerprint density at radius 2 is 1.86 bits per heavy atom. The largest absolute Gasteiger partial charge is 0.363 e. The molecule has 0 spiro atoms. The lowest BCUT2D eigenvalue weighted by molar-refractivity contribution is -0.383. The van der Waals surface area contributed by atoms with Crippen LogP contribution in [-0.4, -0.2) is 41.5 Å². The van der Waals surface area contributed by atoms with E-state index in [2.05, 4.69) is 36.0 Å². The number of nitrogens with one attached hydrogen (secondary N) is 1. The zero-order chi connectivity index (χ0) is 15.6. The molecule has 2 rings (SSSR count). The third-order valence-electron chi connectivity index (χ3n) is 3.92. The maximum absolute atomic E-state index is 11.3. The highest BCUT2D eigenvalue weighted by molar-refractivity contribution is 5.76. The summed E-state index contributed by atoms with van der Waals surface area (Å²) in [6.07, 6.45) is 0. The number of nitrogen functional groups attached to an aromatic ring is 1. The lowest BCUT2D eigenvalue weighted by Crippen LogP contribution is -2.53. The summed E-state index contributed by atoms with van der Waals surface area (Å²) in [6.45, 7) is 9.87. The summed E-state index contributed by atoms with van der Waals surface area (Å²) >= 11 is 0. The fourth-order valence-electron chi connectivity index (χ4n) is 2.71. The third kappa shape index (κ3) is 3.25. The second-order valence-corrected chi connectivity index (χ2v) is 6.22. The van der Waals surface area contributed by atoms with Crippen molar-refractivity contribution < 1.29 is 4.92 Å². The molecule has 1 fully saturated rings. The standard InChI is InChI=1S/C14H23N5O2/c1-14(2,3)18-9-7-17(8-10-18)12-6-4-5-11(16-15)13(12)19(20)21/h4-6,16H,7-10,15H2,1-3H3. The van der Waals surface area contributed by atoms with Gasteiger partial charge in [0, 0.05) is 31.7 Å². The van der Waals surface area contributed by atoms with Gasteiger partial charge in [-0.2, -0.15) is 0 Å². The molecule has 0 saturated carbocycles. The molecule has 0 aromatic heterocycles. The lowest BCUT2D eigenvalue weighted by Gasteiger charge is -2.42. The van der Waals surface area contributed by atoms with Crippen LogP contribution in [0.1, 0.15) is 20.8 Å². The molecule has 0 unspecified atom stereocenters. The third-order valence-corrected chi connectivity index (χ3v) is 3.92. The molecule has 1 aromatic rings. The van der Waals surface area contributed by atoms with Crippen molar-refractivity contribution in [1.29, 1.82) is 0 Å². The minimum absolute atomic E-state index is 0.0456. The molecular formula is C14H23N5O2. The summed E-state index contributed by atoms with van der Waals surface area (Å²) in [5, 5.41) is 11.3. The number of anilines is 2. The van der Waals surface area contributed by atoms with E-state index in [0.717, 1.165) is 26.2 Å². The Balaban J connectivity index is 2.23. The van der Waals surface area contributed by atoms with Gasteiger partial charge < -0.3 is 10.3 Å². The molecule has 0 bridgehead atoms. The predicted molar refractivity (Wildman–Crippen MR) is 84.4 cm³/mol. The van der Waals surface area contributed by atoms with Gasteiger partial charge >= 0.3 is 5.69 Å². The minimum atomic E-state index is -0.374. The molecule has 0 amide bonds. The van der Waals surface area contributed by atoms with Crippen LogP contribution in [0.3, 0.4) is 0 Å². The van der Waals surface area contributed by atoms with E-state index in [1.54, 1.807) is 18.2 Å². The average molecular weight is 293 g/mol. The van der Waals surface area contributed by atoms with Gasteiger partial charge in [-0.05, 0) is 32.9 Å². The van der Waals surface area contributed by atoms with Crippen molar-refractivity contribution in [2.45, 2.75) is 26.3 Å². The first kappa shape index (κ1) is 15.5. The number of nitrogens with zero attached hydrogens (tertiary/aromatic N) is 3. The Morgan fingerprint density at radius 3 is 2.33 bits per heavy atom. The molecular weight excluding hydrogens is 270 g/mol. The van der Waals surface area contributed by atoms with Crippen molar-refractivity contribution >= 4 is 17.1 Å². The Hall–Kier alpha value is -1.86. The minimum Gasteiger partial charge on any atom is -0.363 e. The Kier molecular flexibility index (Phi) is 4.34. The predicted octanol–water partition coefficient (Wildman–Crippen LogP) is 1.80. The van der Waals surface area contributed by atoms with Gasteiger partial charge in [0.1, 0.15) is 11.4 Å². The summed E-state index contributed by atoms with van der Waals surface area (Å²) < 4.78 is 0. The molecule has 0 radical (unpaired) electrons. The fourth-order valence-corrected chi connectivity index (χ4v) is 2.71. The quantitative estimate of drug-likeness (QED) is 0.502. The number of para-hydroxylation sites is 1. The Morgan fingerprint density at radius 1 is 1.24 bits per heavy atom. The van der Waals surface area contributed by atoms with Crippen molar-refractivity contribution in [3.8, 4) is 0 Å². The van der Waals surface area contributed by atoms with E-state index in [-0.39, 0.29) is 16.1 Å². The van der Waals surface area contributed by atoms with Gasteiger partial charge in [0.2, 0.25) is 0 Å². The van der Waals surface area contributed by atoms with Crippen LogP contribution in [0.4, 0.5) is 17.1 Å². The van der Waals surface area contributed by atoms with E-state index in [9.17, 15) is 10.1 Å². The number of hydrogen-bond acceptors (Lipinski definition) is 6. The molecule has 0 atom stereocenters. The van der Waals surface area contributed by atoms with E-state index in [4.69, 9.17) is 5.84 Å². The first-order valence-electron chi connectivity index (χ1n) is 7.08. The summed E-state index contributed by atoms with van der Waals surface area (Å²) in [7, 11) is 0. The molecule has 7 heteroatoms. The Bertz CT molecular complexity index is 519. The van der Waals surface area contributed by atoms with Crippen molar-refractivity contribution in [2.24, 2.45) is 5.84 Å². The summed E-state index contributed by atoms with van der Waals surface area (Å²) in [5.74, 6) is 5.38. The van der Waals surface area contributed by atoms with Crippen LogP contribution in [0, 0.1) is 10.1 Å². The number of nitro benzene ring substituents is 1. The van der Waals surface area contributed by atoms with Crippen LogP contribution in [0.2, 0.25) is 0 Å². The number of hydrogen-bond donors (Lipinski definition) is 2. The topological polar surface area (TPSA) is 87.7 Å². The number of nitrogens with two attached hydrogens (primary N) is 1. The van der Waals surface area contributed by atoms with Gasteiger partial charge in [-0.1, -0.05) is 6.07 Å². The normalized spacial score (nSPS) is 16.9. The zero-order valence-electron chi connectivity index (χ0n) is 12.8. The number of piperazine rings is 1. The lowest BCUT2D eigenvalue weighted by atomic mass is 10.0. The number of hydrazine groups is 1. The monoisotopic (exact) mass is 293 g/mol. The molecule has 116 valence electrons. The van der Waals surface area contributed by atoms with E-state index in [0.29, 0.717) is 11.4 Å². The van der Waals surface area contributed by atoms with Gasteiger partial charge in [0.25, 0.3) is 0 Å². The highest BCUT2D eigenvalue weighted by Gasteiger charge is 2.29. The molecule has 1 aliphatic heterocycles. The molecule has 3 N–H and O–H groups in total. The first-order valence-corrected chi connectivity index (χ1v) is 7.08. The second-order valence-electron chi connectivity index (χ2n) is 6.22. The molecule has 7 nitrogen and oxygen atoms in total. The van der Waals surface area contributed by atoms with Gasteiger partial charge in [-0.15, -0.1) is 0 Å². The molecule has 0 aliphatic carbocycles. The van der Waals surface area contributed by atoms with Crippen molar-refractivity contribution in [3.63, 3.8) is 0 Å². The number of rotatable bonds is 3. The van der Waals surface area contributed by atoms with Crippen molar-refractivity contribution in [2.75, 3.05) is 36.5 Å². The van der Waals surface area contributed by atoms with Crippen molar-refractivity contribution in [3.05, 3.63) is 28.3 Å². The highest BCUT2D eigenvalue weighted by Crippen LogP contribution is 2.35. The molecule has 1 saturated heterocycles. The van der Waals surface area contributed by atoms with Gasteiger partial charge in [-0.3, -0.25) is 20.9 Å². The molecule has 1 aliphatic rings. The maximum Gasteiger partial charge on any atom is 0.316 e. The van der Waals surface area contributed by atoms with Gasteiger partial charge in [0.15, 0.2) is 0 Å². The summed E-state index contributed by atoms with van der Waals surface area (Å²) in [5.41, 5.74) is 3.55. The van der Waals surface area contributed by atoms with Crippen LogP contribution >= 0.6 is 0 Å². The SMILES string of the molecule is CC(C)(C)N1CCN(c2cccc(NN)c2[N+](=O)[O-])CC1. The van der Waals surface area contributed by atoms with Crippen molar-refractivity contribution in [1.82, 2.24) is 4.90 Å². The highest BCUT2D eigenvalue weighted by atomic mass is 16.6. The zero-order valence-corrected chi connectivity index (χ0v) is 12.8. The molecule has 21 heavy (non-hydrogen) atoms. The van der Waals surface area contributed by atoms with Crippen LogP contribution in [0.25, 0.3) is 0 Å². The van der Waals surface area contributed by atoms with Crippen LogP contribution in [0.15, 0.2) is 18.2 Å². The van der Waals surface area contributed by atoms with E-state index in [1.165, 1.54) is 0 Å². The number of benzene rings is 1. The van der Waals surface area contributed by atoms with E-state index < -0.39 is 0 Å². The van der Waals surface area contributed by atoms with E-state index >= 15 is 0 Å².